The Labute approximate surface area is 124 Å². The predicted molar refractivity (Wildman–Crippen MR) is 80.5 cm³/mol. The molecule has 2 rings (SSSR count). The van der Waals surface area contributed by atoms with Crippen molar-refractivity contribution < 1.29 is 9.53 Å². The van der Waals surface area contributed by atoms with E-state index in [1.54, 1.807) is 11.3 Å². The topological polar surface area (TPSA) is 38.3 Å². The molecule has 0 saturated carbocycles. The maximum absolute atomic E-state index is 11.8. The maximum atomic E-state index is 11.8. The van der Waals surface area contributed by atoms with Gasteiger partial charge in [-0.25, -0.2) is 0 Å². The van der Waals surface area contributed by atoms with Gasteiger partial charge in [0.25, 0.3) is 5.91 Å². The lowest BCUT2D eigenvalue weighted by Crippen LogP contribution is -2.30. The van der Waals surface area contributed by atoms with E-state index < -0.39 is 0 Å². The summed E-state index contributed by atoms with van der Waals surface area (Å²) in [5, 5.41) is 4.90. The summed E-state index contributed by atoms with van der Waals surface area (Å²) in [5.41, 5.74) is 0. The highest BCUT2D eigenvalue weighted by atomic mass is 79.9. The number of nitrogens with one attached hydrogen (secondary N) is 1. The molecule has 0 radical (unpaired) electrons. The van der Waals surface area contributed by atoms with Crippen molar-refractivity contribution in [2.75, 3.05) is 6.61 Å². The number of hydrogen-bond donors (Lipinski definition) is 1. The Kier molecular flexibility index (Phi) is 4.99. The number of carbonyl (C=O) groups is 1. The summed E-state index contributed by atoms with van der Waals surface area (Å²) < 4.78 is 6.36. The maximum Gasteiger partial charge on any atom is 0.258 e. The van der Waals surface area contributed by atoms with Crippen LogP contribution in [0.4, 0.5) is 0 Å². The first-order chi connectivity index (χ1) is 9.15. The van der Waals surface area contributed by atoms with Gasteiger partial charge in [0.05, 0.1) is 6.04 Å². The van der Waals surface area contributed by atoms with Crippen molar-refractivity contribution >= 4 is 33.2 Å². The van der Waals surface area contributed by atoms with E-state index in [1.165, 1.54) is 0 Å². The smallest absolute Gasteiger partial charge is 0.258 e. The SMILES string of the molecule is CC(NC(=O)COc1cccc(Br)c1)c1cccs1. The van der Waals surface area contributed by atoms with E-state index >= 15 is 0 Å². The van der Waals surface area contributed by atoms with Gasteiger partial charge in [-0.2, -0.15) is 0 Å². The Morgan fingerprint density at radius 3 is 2.95 bits per heavy atom. The molecule has 0 aliphatic carbocycles. The Morgan fingerprint density at radius 1 is 1.42 bits per heavy atom. The lowest BCUT2D eigenvalue weighted by atomic mass is 10.3. The van der Waals surface area contributed by atoms with Gasteiger partial charge in [0.15, 0.2) is 6.61 Å². The minimum absolute atomic E-state index is 0.0126. The zero-order chi connectivity index (χ0) is 13.7. The third-order valence-corrected chi connectivity index (χ3v) is 4.06. The van der Waals surface area contributed by atoms with Crippen LogP contribution in [-0.2, 0) is 4.79 Å². The highest BCUT2D eigenvalue weighted by Crippen LogP contribution is 2.19. The van der Waals surface area contributed by atoms with Gasteiger partial charge in [-0.05, 0) is 36.6 Å². The van der Waals surface area contributed by atoms with E-state index in [0.29, 0.717) is 5.75 Å². The van der Waals surface area contributed by atoms with Crippen molar-refractivity contribution in [1.82, 2.24) is 5.32 Å². The molecule has 5 heteroatoms. The summed E-state index contributed by atoms with van der Waals surface area (Å²) in [4.78, 5) is 12.9. The van der Waals surface area contributed by atoms with Crippen molar-refractivity contribution in [3.63, 3.8) is 0 Å². The van der Waals surface area contributed by atoms with Gasteiger partial charge in [-0.1, -0.05) is 28.1 Å². The van der Waals surface area contributed by atoms with Crippen LogP contribution in [0.2, 0.25) is 0 Å². The molecule has 2 aromatic rings. The Bertz CT molecular complexity index is 542. The average Bonchev–Trinajstić information content (AvgIpc) is 2.90. The van der Waals surface area contributed by atoms with Crippen LogP contribution in [0.3, 0.4) is 0 Å². The molecule has 1 atom stereocenters. The number of hydrogen-bond acceptors (Lipinski definition) is 3. The van der Waals surface area contributed by atoms with E-state index in [1.807, 2.05) is 48.7 Å². The van der Waals surface area contributed by atoms with Crippen LogP contribution in [0.1, 0.15) is 17.8 Å². The van der Waals surface area contributed by atoms with Gasteiger partial charge in [-0.15, -0.1) is 11.3 Å². The summed E-state index contributed by atoms with van der Waals surface area (Å²) in [6, 6.07) is 11.4. The van der Waals surface area contributed by atoms with Gasteiger partial charge < -0.3 is 10.1 Å². The molecule has 0 fully saturated rings. The molecule has 3 nitrogen and oxygen atoms in total. The molecular formula is C14H14BrNO2S. The minimum atomic E-state index is -0.124. The lowest BCUT2D eigenvalue weighted by molar-refractivity contribution is -0.123. The fourth-order valence-corrected chi connectivity index (χ4v) is 2.71. The second kappa shape index (κ2) is 6.73. The molecule has 1 N–H and O–H groups in total. The van der Waals surface area contributed by atoms with Gasteiger partial charge in [0.2, 0.25) is 0 Å². The molecule has 0 saturated heterocycles. The molecule has 1 heterocycles. The predicted octanol–water partition coefficient (Wildman–Crippen LogP) is 3.77. The molecule has 0 aliphatic rings. The second-order valence-corrected chi connectivity index (χ2v) is 5.95. The van der Waals surface area contributed by atoms with Crippen LogP contribution < -0.4 is 10.1 Å². The number of amides is 1. The van der Waals surface area contributed by atoms with Gasteiger partial charge in [-0.3, -0.25) is 4.79 Å². The average molecular weight is 340 g/mol. The first-order valence-electron chi connectivity index (χ1n) is 5.86. The minimum Gasteiger partial charge on any atom is -0.484 e. The van der Waals surface area contributed by atoms with Gasteiger partial charge in [0, 0.05) is 9.35 Å². The lowest BCUT2D eigenvalue weighted by Gasteiger charge is -2.12. The van der Waals surface area contributed by atoms with Crippen molar-refractivity contribution in [1.29, 1.82) is 0 Å². The number of halogens is 1. The Balaban J connectivity index is 1.82. The summed E-state index contributed by atoms with van der Waals surface area (Å²) in [6.07, 6.45) is 0. The highest BCUT2D eigenvalue weighted by molar-refractivity contribution is 9.10. The van der Waals surface area contributed by atoms with Crippen molar-refractivity contribution in [3.05, 3.63) is 51.1 Å². The van der Waals surface area contributed by atoms with Crippen LogP contribution in [0.15, 0.2) is 46.3 Å². The van der Waals surface area contributed by atoms with Crippen LogP contribution in [0.25, 0.3) is 0 Å². The molecule has 19 heavy (non-hydrogen) atoms. The summed E-state index contributed by atoms with van der Waals surface area (Å²) >= 11 is 4.98. The zero-order valence-corrected chi connectivity index (χ0v) is 12.8. The number of carbonyl (C=O) groups excluding carboxylic acids is 1. The highest BCUT2D eigenvalue weighted by Gasteiger charge is 2.10. The second-order valence-electron chi connectivity index (χ2n) is 4.05. The van der Waals surface area contributed by atoms with E-state index in [2.05, 4.69) is 21.2 Å². The first-order valence-corrected chi connectivity index (χ1v) is 7.53. The monoisotopic (exact) mass is 339 g/mol. The normalized spacial score (nSPS) is 11.9. The molecule has 0 bridgehead atoms. The molecule has 0 spiro atoms. The van der Waals surface area contributed by atoms with E-state index in [-0.39, 0.29) is 18.6 Å². The molecule has 0 aliphatic heterocycles. The fraction of sp³-hybridized carbons (Fsp3) is 0.214. The van der Waals surface area contributed by atoms with Crippen LogP contribution in [0, 0.1) is 0 Å². The molecule has 1 aromatic carbocycles. The third-order valence-electron chi connectivity index (χ3n) is 2.51. The molecule has 1 amide bonds. The quantitative estimate of drug-likeness (QED) is 0.900. The molecular weight excluding hydrogens is 326 g/mol. The summed E-state index contributed by atoms with van der Waals surface area (Å²) in [5.74, 6) is 0.550. The standard InChI is InChI=1S/C14H14BrNO2S/c1-10(13-6-3-7-19-13)16-14(17)9-18-12-5-2-4-11(15)8-12/h2-8,10H,9H2,1H3,(H,16,17). The fourth-order valence-electron chi connectivity index (χ4n) is 1.60. The number of rotatable bonds is 5. The molecule has 1 unspecified atom stereocenters. The number of ether oxygens (including phenoxy) is 1. The van der Waals surface area contributed by atoms with E-state index in [0.717, 1.165) is 9.35 Å². The molecule has 1 aromatic heterocycles. The van der Waals surface area contributed by atoms with Crippen LogP contribution >= 0.6 is 27.3 Å². The van der Waals surface area contributed by atoms with Crippen LogP contribution in [0.5, 0.6) is 5.75 Å². The van der Waals surface area contributed by atoms with E-state index in [4.69, 9.17) is 4.74 Å². The van der Waals surface area contributed by atoms with Crippen molar-refractivity contribution in [2.24, 2.45) is 0 Å². The van der Waals surface area contributed by atoms with E-state index in [9.17, 15) is 4.79 Å². The number of benzene rings is 1. The third kappa shape index (κ3) is 4.36. The first kappa shape index (κ1) is 14.1. The number of thiophene rings is 1. The Morgan fingerprint density at radius 2 is 2.26 bits per heavy atom. The molecule has 100 valence electrons. The largest absolute Gasteiger partial charge is 0.484 e. The van der Waals surface area contributed by atoms with Crippen molar-refractivity contribution in [2.45, 2.75) is 13.0 Å². The van der Waals surface area contributed by atoms with Gasteiger partial charge >= 0.3 is 0 Å². The summed E-state index contributed by atoms with van der Waals surface area (Å²) in [6.45, 7) is 1.98. The van der Waals surface area contributed by atoms with Crippen LogP contribution in [-0.4, -0.2) is 12.5 Å². The van der Waals surface area contributed by atoms with Gasteiger partial charge in [0.1, 0.15) is 5.75 Å². The van der Waals surface area contributed by atoms with Crippen molar-refractivity contribution in [3.8, 4) is 5.75 Å². The Hall–Kier alpha value is -1.33. The summed E-state index contributed by atoms with van der Waals surface area (Å²) in [7, 11) is 0. The zero-order valence-electron chi connectivity index (χ0n) is 10.4.